The summed E-state index contributed by atoms with van der Waals surface area (Å²) in [5.41, 5.74) is 1.88. The number of amides is 2. The zero-order valence-corrected chi connectivity index (χ0v) is 16.1. The lowest BCUT2D eigenvalue weighted by Gasteiger charge is -2.20. The summed E-state index contributed by atoms with van der Waals surface area (Å²) < 4.78 is 0. The van der Waals surface area contributed by atoms with Gasteiger partial charge in [0, 0.05) is 24.3 Å². The van der Waals surface area contributed by atoms with Crippen molar-refractivity contribution in [2.75, 3.05) is 31.1 Å². The average molecular weight is 359 g/mol. The zero-order chi connectivity index (χ0) is 19.2. The average Bonchev–Trinajstić information content (AvgIpc) is 2.99. The minimum atomic E-state index is -0.294. The molecule has 0 unspecified atom stereocenters. The number of rotatable bonds is 5. The van der Waals surface area contributed by atoms with Crippen LogP contribution in [-0.2, 0) is 16.0 Å². The van der Waals surface area contributed by atoms with Crippen LogP contribution in [0.1, 0.15) is 33.3 Å². The van der Waals surface area contributed by atoms with Crippen LogP contribution in [0.3, 0.4) is 0 Å². The summed E-state index contributed by atoms with van der Waals surface area (Å²) in [6, 6.07) is 7.95. The Morgan fingerprint density at radius 3 is 2.62 bits per heavy atom. The van der Waals surface area contributed by atoms with Gasteiger partial charge in [-0.25, -0.2) is 4.99 Å². The number of benzene rings is 1. The Hall–Kier alpha value is -2.57. The molecule has 7 heteroatoms. The summed E-state index contributed by atoms with van der Waals surface area (Å²) in [6.07, 6.45) is 0.878. The van der Waals surface area contributed by atoms with Crippen LogP contribution in [-0.4, -0.2) is 49.5 Å². The maximum atomic E-state index is 12.5. The number of carbonyl (C=O) groups excluding carboxylic acids is 2. The van der Waals surface area contributed by atoms with E-state index >= 15 is 0 Å². The van der Waals surface area contributed by atoms with Gasteiger partial charge in [0.05, 0.1) is 6.54 Å². The molecule has 142 valence electrons. The molecule has 2 amide bonds. The van der Waals surface area contributed by atoms with Gasteiger partial charge in [0.25, 0.3) is 0 Å². The van der Waals surface area contributed by atoms with Crippen LogP contribution in [0.2, 0.25) is 0 Å². The van der Waals surface area contributed by atoms with Gasteiger partial charge in [0.2, 0.25) is 11.8 Å². The Balaban J connectivity index is 1.91. The highest BCUT2D eigenvalue weighted by molar-refractivity contribution is 5.98. The number of para-hydroxylation sites is 1. The fourth-order valence-electron chi connectivity index (χ4n) is 2.80. The molecule has 7 nitrogen and oxygen atoms in total. The number of aliphatic imine (C=N–C) groups is 1. The molecule has 3 N–H and O–H groups in total. The summed E-state index contributed by atoms with van der Waals surface area (Å²) in [7, 11) is 0. The molecule has 1 aliphatic rings. The number of hydrogen-bond donors (Lipinski definition) is 3. The standard InChI is InChI=1S/C19H29N5O2/c1-5-20-18(21-12-16(25)23-19(2,3)4)22-13-17(26)24-11-10-14-8-6-7-9-15(14)24/h6-9H,5,10-13H2,1-4H3,(H,23,25)(H2,20,21,22). The number of nitrogens with one attached hydrogen (secondary N) is 3. The van der Waals surface area contributed by atoms with E-state index in [1.807, 2.05) is 45.9 Å². The van der Waals surface area contributed by atoms with Crippen molar-refractivity contribution in [1.82, 2.24) is 16.0 Å². The third-order valence-corrected chi connectivity index (χ3v) is 3.83. The molecule has 0 bridgehead atoms. The van der Waals surface area contributed by atoms with Crippen molar-refractivity contribution in [2.45, 2.75) is 39.7 Å². The topological polar surface area (TPSA) is 85.8 Å². The van der Waals surface area contributed by atoms with E-state index in [9.17, 15) is 9.59 Å². The van der Waals surface area contributed by atoms with Crippen LogP contribution < -0.4 is 20.9 Å². The van der Waals surface area contributed by atoms with Crippen molar-refractivity contribution in [3.63, 3.8) is 0 Å². The largest absolute Gasteiger partial charge is 0.357 e. The first-order chi connectivity index (χ1) is 12.3. The minimum Gasteiger partial charge on any atom is -0.357 e. The van der Waals surface area contributed by atoms with Gasteiger partial charge in [-0.05, 0) is 45.7 Å². The Morgan fingerprint density at radius 1 is 1.19 bits per heavy atom. The van der Waals surface area contributed by atoms with E-state index in [-0.39, 0.29) is 30.4 Å². The second-order valence-electron chi connectivity index (χ2n) is 7.27. The summed E-state index contributed by atoms with van der Waals surface area (Å²) in [4.78, 5) is 30.5. The molecule has 0 saturated heterocycles. The van der Waals surface area contributed by atoms with Crippen LogP contribution in [0.5, 0.6) is 0 Å². The maximum absolute atomic E-state index is 12.5. The van der Waals surface area contributed by atoms with Crippen molar-refractivity contribution in [2.24, 2.45) is 4.99 Å². The highest BCUT2D eigenvalue weighted by Gasteiger charge is 2.23. The van der Waals surface area contributed by atoms with Crippen molar-refractivity contribution in [3.8, 4) is 0 Å². The predicted octanol–water partition coefficient (Wildman–Crippen LogP) is 1.05. The molecule has 0 atom stereocenters. The molecule has 1 aromatic carbocycles. The number of hydrogen-bond acceptors (Lipinski definition) is 3. The van der Waals surface area contributed by atoms with Crippen LogP contribution in [0.4, 0.5) is 5.69 Å². The summed E-state index contributed by atoms with van der Waals surface area (Å²) in [6.45, 7) is 9.17. The van der Waals surface area contributed by atoms with Gasteiger partial charge < -0.3 is 20.9 Å². The fraction of sp³-hybridized carbons (Fsp3) is 0.526. The van der Waals surface area contributed by atoms with Crippen molar-refractivity contribution >= 4 is 23.5 Å². The van der Waals surface area contributed by atoms with Crippen LogP contribution in [0, 0.1) is 0 Å². The van der Waals surface area contributed by atoms with Crippen molar-refractivity contribution in [3.05, 3.63) is 29.8 Å². The fourth-order valence-corrected chi connectivity index (χ4v) is 2.80. The lowest BCUT2D eigenvalue weighted by atomic mass is 10.1. The van der Waals surface area contributed by atoms with Gasteiger partial charge in [-0.3, -0.25) is 9.59 Å². The van der Waals surface area contributed by atoms with Gasteiger partial charge in [-0.1, -0.05) is 18.2 Å². The second-order valence-corrected chi connectivity index (χ2v) is 7.27. The highest BCUT2D eigenvalue weighted by Crippen LogP contribution is 2.27. The number of carbonyl (C=O) groups is 2. The second kappa shape index (κ2) is 8.69. The molecular formula is C19H29N5O2. The van der Waals surface area contributed by atoms with E-state index in [1.165, 1.54) is 5.56 Å². The molecule has 0 aromatic heterocycles. The number of guanidine groups is 1. The first-order valence-corrected chi connectivity index (χ1v) is 9.01. The highest BCUT2D eigenvalue weighted by atomic mass is 16.2. The first kappa shape index (κ1) is 19.8. The number of fused-ring (bicyclic) bond motifs is 1. The monoisotopic (exact) mass is 359 g/mol. The molecule has 26 heavy (non-hydrogen) atoms. The van der Waals surface area contributed by atoms with E-state index < -0.39 is 0 Å². The van der Waals surface area contributed by atoms with E-state index in [2.05, 4.69) is 27.0 Å². The maximum Gasteiger partial charge on any atom is 0.246 e. The molecule has 0 aliphatic carbocycles. The lowest BCUT2D eigenvalue weighted by Crippen LogP contribution is -2.45. The molecule has 0 saturated carbocycles. The van der Waals surface area contributed by atoms with Gasteiger partial charge in [-0.15, -0.1) is 0 Å². The van der Waals surface area contributed by atoms with Gasteiger partial charge in [0.15, 0.2) is 5.96 Å². The third-order valence-electron chi connectivity index (χ3n) is 3.83. The normalized spacial score (nSPS) is 14.0. The molecule has 0 fully saturated rings. The van der Waals surface area contributed by atoms with Crippen LogP contribution in [0.15, 0.2) is 29.3 Å². The molecule has 1 aromatic rings. The molecule has 2 rings (SSSR count). The first-order valence-electron chi connectivity index (χ1n) is 9.01. The Kier molecular flexibility index (Phi) is 6.60. The smallest absolute Gasteiger partial charge is 0.246 e. The zero-order valence-electron chi connectivity index (χ0n) is 16.1. The lowest BCUT2D eigenvalue weighted by molar-refractivity contribution is -0.121. The Bertz CT molecular complexity index is 679. The van der Waals surface area contributed by atoms with Crippen molar-refractivity contribution < 1.29 is 9.59 Å². The van der Waals surface area contributed by atoms with Crippen LogP contribution in [0.25, 0.3) is 0 Å². The van der Waals surface area contributed by atoms with Gasteiger partial charge >= 0.3 is 0 Å². The van der Waals surface area contributed by atoms with E-state index in [0.717, 1.165) is 12.1 Å². The predicted molar refractivity (Wildman–Crippen MR) is 104 cm³/mol. The van der Waals surface area contributed by atoms with E-state index in [1.54, 1.807) is 4.90 Å². The van der Waals surface area contributed by atoms with Gasteiger partial charge in [0.1, 0.15) is 6.54 Å². The third kappa shape index (κ3) is 5.75. The molecule has 0 spiro atoms. The number of anilines is 1. The molecule has 1 aliphatic heterocycles. The quantitative estimate of drug-likeness (QED) is 0.542. The van der Waals surface area contributed by atoms with E-state index in [0.29, 0.717) is 19.0 Å². The summed E-state index contributed by atoms with van der Waals surface area (Å²) in [5.74, 6) is 0.284. The van der Waals surface area contributed by atoms with Gasteiger partial charge in [-0.2, -0.15) is 0 Å². The van der Waals surface area contributed by atoms with Crippen LogP contribution >= 0.6 is 0 Å². The van der Waals surface area contributed by atoms with E-state index in [4.69, 9.17) is 0 Å². The SMILES string of the molecule is CCNC(=NCC(=O)NC(C)(C)C)NCC(=O)N1CCc2ccccc21. The Labute approximate surface area is 155 Å². The summed E-state index contributed by atoms with van der Waals surface area (Å²) >= 11 is 0. The summed E-state index contributed by atoms with van der Waals surface area (Å²) in [5, 5.41) is 8.93. The number of nitrogens with zero attached hydrogens (tertiary/aromatic N) is 2. The molecule has 0 radical (unpaired) electrons. The van der Waals surface area contributed by atoms with Crippen molar-refractivity contribution in [1.29, 1.82) is 0 Å². The molecular weight excluding hydrogens is 330 g/mol. The minimum absolute atomic E-state index is 0.00728. The Morgan fingerprint density at radius 2 is 1.92 bits per heavy atom. The molecule has 1 heterocycles.